The predicted octanol–water partition coefficient (Wildman–Crippen LogP) is 1.37. The van der Waals surface area contributed by atoms with Crippen molar-refractivity contribution in [1.29, 1.82) is 0 Å². The summed E-state index contributed by atoms with van der Waals surface area (Å²) < 4.78 is 5.58. The van der Waals surface area contributed by atoms with Crippen LogP contribution in [0.4, 0.5) is 5.82 Å². The molecule has 2 aliphatic rings. The normalized spacial score (nSPS) is 20.6. The van der Waals surface area contributed by atoms with Crippen molar-refractivity contribution >= 4 is 11.9 Å². The molecule has 1 saturated heterocycles. The molecule has 3 rings (SSSR count). The third kappa shape index (κ3) is 2.25. The van der Waals surface area contributed by atoms with Gasteiger partial charge in [-0.15, -0.1) is 0 Å². The van der Waals surface area contributed by atoms with Crippen LogP contribution < -0.4 is 5.73 Å². The minimum absolute atomic E-state index is 0.0119. The molecule has 5 nitrogen and oxygen atoms in total. The minimum Gasteiger partial charge on any atom is -0.480 e. The highest BCUT2D eigenvalue weighted by molar-refractivity contribution is 5.68. The summed E-state index contributed by atoms with van der Waals surface area (Å²) in [6, 6.07) is 0. The van der Waals surface area contributed by atoms with Crippen LogP contribution in [0.2, 0.25) is 0 Å². The second-order valence-electron chi connectivity index (χ2n) is 4.84. The van der Waals surface area contributed by atoms with Gasteiger partial charge < -0.3 is 15.6 Å². The molecule has 1 unspecified atom stereocenters. The number of aliphatic hydroxyl groups excluding tert-OH is 1. The molecule has 0 radical (unpaired) electrons. The zero-order chi connectivity index (χ0) is 14.1. The first-order chi connectivity index (χ1) is 9.67. The van der Waals surface area contributed by atoms with Gasteiger partial charge in [0.15, 0.2) is 5.76 Å². The van der Waals surface area contributed by atoms with E-state index in [9.17, 15) is 0 Å². The van der Waals surface area contributed by atoms with Crippen molar-refractivity contribution < 1.29 is 9.84 Å². The molecular formula is C15H15N3O2. The Labute approximate surface area is 116 Å². The topological polar surface area (TPSA) is 81.3 Å². The number of aromatic nitrogens is 2. The predicted molar refractivity (Wildman–Crippen MR) is 75.4 cm³/mol. The summed E-state index contributed by atoms with van der Waals surface area (Å²) in [6.07, 6.45) is 6.34. The van der Waals surface area contributed by atoms with Crippen molar-refractivity contribution in [3.05, 3.63) is 52.9 Å². The molecular weight excluding hydrogens is 254 g/mol. The van der Waals surface area contributed by atoms with Crippen LogP contribution >= 0.6 is 0 Å². The van der Waals surface area contributed by atoms with Gasteiger partial charge in [-0.2, -0.15) is 0 Å². The maximum atomic E-state index is 9.11. The molecule has 1 aromatic rings. The third-order valence-electron chi connectivity index (χ3n) is 3.36. The number of aliphatic hydroxyl groups is 1. The number of nitrogens with two attached hydrogens (primary N) is 1. The number of hydrogen-bond donors (Lipinski definition) is 2. The fourth-order valence-corrected chi connectivity index (χ4v) is 2.30. The highest BCUT2D eigenvalue weighted by Gasteiger charge is 2.23. The monoisotopic (exact) mass is 269 g/mol. The standard InChI is InChI=1S/C15H15N3O2/c1-9-4-11(7-19)20-14(9)6-10-2-3-12-13(5-10)17-8-18-15(12)16/h2-3,8,11,19H,1,4-5,7H2,(H2,16,17,18). The van der Waals surface area contributed by atoms with Crippen molar-refractivity contribution in [3.63, 3.8) is 0 Å². The molecule has 0 bridgehead atoms. The number of fused-ring (bicyclic) bond motifs is 1. The lowest BCUT2D eigenvalue weighted by atomic mass is 9.99. The number of ether oxygens (including phenoxy) is 1. The van der Waals surface area contributed by atoms with E-state index in [1.807, 2.05) is 12.2 Å². The molecule has 0 aromatic carbocycles. The highest BCUT2D eigenvalue weighted by Crippen LogP contribution is 2.29. The summed E-state index contributed by atoms with van der Waals surface area (Å²) >= 11 is 0. The number of hydrogen-bond acceptors (Lipinski definition) is 5. The number of anilines is 1. The van der Waals surface area contributed by atoms with E-state index in [1.165, 1.54) is 6.33 Å². The molecule has 1 aromatic heterocycles. The van der Waals surface area contributed by atoms with Crippen LogP contribution in [0.5, 0.6) is 0 Å². The van der Waals surface area contributed by atoms with Crippen LogP contribution in [0.25, 0.3) is 6.08 Å². The van der Waals surface area contributed by atoms with Gasteiger partial charge in [0.25, 0.3) is 0 Å². The van der Waals surface area contributed by atoms with Crippen LogP contribution in [-0.2, 0) is 11.2 Å². The smallest absolute Gasteiger partial charge is 0.165 e. The Balaban J connectivity index is 1.95. The molecule has 0 spiro atoms. The van der Waals surface area contributed by atoms with Crippen molar-refractivity contribution in [2.75, 3.05) is 12.3 Å². The van der Waals surface area contributed by atoms with Crippen LogP contribution in [-0.4, -0.2) is 27.8 Å². The first-order valence-corrected chi connectivity index (χ1v) is 6.40. The molecule has 2 heterocycles. The lowest BCUT2D eigenvalue weighted by molar-refractivity contribution is 0.0917. The Morgan fingerprint density at radius 3 is 3.05 bits per heavy atom. The van der Waals surface area contributed by atoms with Gasteiger partial charge in [0.2, 0.25) is 0 Å². The second kappa shape index (κ2) is 4.96. The Morgan fingerprint density at radius 2 is 2.30 bits per heavy atom. The molecule has 1 atom stereocenters. The summed E-state index contributed by atoms with van der Waals surface area (Å²) in [7, 11) is 0. The average Bonchev–Trinajstić information content (AvgIpc) is 2.80. The van der Waals surface area contributed by atoms with E-state index >= 15 is 0 Å². The largest absolute Gasteiger partial charge is 0.480 e. The molecule has 1 aliphatic carbocycles. The number of allylic oxidation sites excluding steroid dienone is 2. The van der Waals surface area contributed by atoms with E-state index in [-0.39, 0.29) is 12.7 Å². The fraction of sp³-hybridized carbons (Fsp3) is 0.267. The average molecular weight is 269 g/mol. The van der Waals surface area contributed by atoms with Gasteiger partial charge in [0.1, 0.15) is 18.2 Å². The SMILES string of the molecule is C=C1CC(CO)OC1=C=C1C=Cc2c(N)ncnc2C1. The molecule has 0 amide bonds. The molecule has 20 heavy (non-hydrogen) atoms. The van der Waals surface area contributed by atoms with Crippen LogP contribution in [0, 0.1) is 0 Å². The van der Waals surface area contributed by atoms with Gasteiger partial charge in [-0.1, -0.05) is 12.3 Å². The first-order valence-electron chi connectivity index (χ1n) is 6.40. The van der Waals surface area contributed by atoms with E-state index in [2.05, 4.69) is 22.3 Å². The summed E-state index contributed by atoms with van der Waals surface area (Å²) in [5.74, 6) is 1.11. The van der Waals surface area contributed by atoms with E-state index in [0.29, 0.717) is 24.4 Å². The Hall–Kier alpha value is -2.36. The second-order valence-corrected chi connectivity index (χ2v) is 4.84. The van der Waals surface area contributed by atoms with Gasteiger partial charge in [0, 0.05) is 24.0 Å². The maximum Gasteiger partial charge on any atom is 0.165 e. The van der Waals surface area contributed by atoms with Gasteiger partial charge in [-0.25, -0.2) is 9.97 Å². The van der Waals surface area contributed by atoms with Crippen molar-refractivity contribution in [2.45, 2.75) is 18.9 Å². The van der Waals surface area contributed by atoms with Gasteiger partial charge in [0.05, 0.1) is 12.3 Å². The quantitative estimate of drug-likeness (QED) is 0.753. The number of rotatable bonds is 1. The summed E-state index contributed by atoms with van der Waals surface area (Å²) in [5.41, 5.74) is 12.6. The zero-order valence-corrected chi connectivity index (χ0v) is 11.0. The van der Waals surface area contributed by atoms with E-state index < -0.39 is 0 Å². The van der Waals surface area contributed by atoms with Gasteiger partial charge in [-0.3, -0.25) is 0 Å². The van der Waals surface area contributed by atoms with E-state index in [1.54, 1.807) is 0 Å². The number of nitrogens with zero attached hydrogens (tertiary/aromatic N) is 2. The lowest BCUT2D eigenvalue weighted by Crippen LogP contribution is -2.09. The Morgan fingerprint density at radius 1 is 1.45 bits per heavy atom. The molecule has 5 heteroatoms. The maximum absolute atomic E-state index is 9.11. The Kier molecular flexibility index (Phi) is 3.14. The van der Waals surface area contributed by atoms with E-state index in [4.69, 9.17) is 15.6 Å². The van der Waals surface area contributed by atoms with Crippen molar-refractivity contribution in [2.24, 2.45) is 0 Å². The first kappa shape index (κ1) is 12.7. The molecule has 3 N–H and O–H groups in total. The van der Waals surface area contributed by atoms with Crippen LogP contribution in [0.15, 0.2) is 41.6 Å². The molecule has 1 fully saturated rings. The van der Waals surface area contributed by atoms with Crippen molar-refractivity contribution in [1.82, 2.24) is 9.97 Å². The zero-order valence-electron chi connectivity index (χ0n) is 11.0. The summed E-state index contributed by atoms with van der Waals surface area (Å²) in [4.78, 5) is 8.21. The Bertz CT molecular complexity index is 670. The minimum atomic E-state index is -0.205. The van der Waals surface area contributed by atoms with E-state index in [0.717, 1.165) is 22.4 Å². The van der Waals surface area contributed by atoms with Gasteiger partial charge in [-0.05, 0) is 17.7 Å². The van der Waals surface area contributed by atoms with Crippen LogP contribution in [0.1, 0.15) is 17.7 Å². The third-order valence-corrected chi connectivity index (χ3v) is 3.36. The van der Waals surface area contributed by atoms with Gasteiger partial charge >= 0.3 is 0 Å². The summed E-state index contributed by atoms with van der Waals surface area (Å²) in [6.45, 7) is 3.93. The lowest BCUT2D eigenvalue weighted by Gasteiger charge is -2.11. The molecule has 102 valence electrons. The van der Waals surface area contributed by atoms with Crippen molar-refractivity contribution in [3.8, 4) is 0 Å². The number of nitrogen functional groups attached to an aromatic ring is 1. The fourth-order valence-electron chi connectivity index (χ4n) is 2.30. The summed E-state index contributed by atoms with van der Waals surface area (Å²) in [5, 5.41) is 9.11. The highest BCUT2D eigenvalue weighted by atomic mass is 16.5. The molecule has 0 saturated carbocycles. The molecule has 1 aliphatic heterocycles. The van der Waals surface area contributed by atoms with Crippen LogP contribution in [0.3, 0.4) is 0 Å².